The average molecular weight is 276 g/mol. The molecule has 0 spiro atoms. The van der Waals surface area contributed by atoms with Crippen molar-refractivity contribution < 1.29 is 5.11 Å². The van der Waals surface area contributed by atoms with Gasteiger partial charge in [0.1, 0.15) is 0 Å². The molecule has 0 saturated heterocycles. The van der Waals surface area contributed by atoms with Gasteiger partial charge in [-0.15, -0.1) is 10.2 Å². The molecule has 1 aromatic carbocycles. The highest BCUT2D eigenvalue weighted by molar-refractivity contribution is 7.71. The topological polar surface area (TPSA) is 93.6 Å². The molecule has 0 atom stereocenters. The van der Waals surface area contributed by atoms with Crippen LogP contribution in [0.5, 0.6) is 5.88 Å². The second-order valence-corrected chi connectivity index (χ2v) is 4.20. The zero-order valence-electron chi connectivity index (χ0n) is 10.2. The zero-order chi connectivity index (χ0) is 13.8. The van der Waals surface area contributed by atoms with E-state index in [1.165, 1.54) is 0 Å². The van der Waals surface area contributed by atoms with Gasteiger partial charge in [-0.1, -0.05) is 25.1 Å². The van der Waals surface area contributed by atoms with Crippen LogP contribution in [0.2, 0.25) is 0 Å². The van der Waals surface area contributed by atoms with E-state index >= 15 is 0 Å². The summed E-state index contributed by atoms with van der Waals surface area (Å²) in [6.45, 7) is 2.00. The van der Waals surface area contributed by atoms with E-state index < -0.39 is 11.4 Å². The highest BCUT2D eigenvalue weighted by atomic mass is 32.1. The monoisotopic (exact) mass is 276 g/mol. The smallest absolute Gasteiger partial charge is 0.283 e. The van der Waals surface area contributed by atoms with E-state index in [9.17, 15) is 9.90 Å². The molecule has 0 fully saturated rings. The highest BCUT2D eigenvalue weighted by Crippen LogP contribution is 2.24. The van der Waals surface area contributed by atoms with Crippen molar-refractivity contribution in [3.63, 3.8) is 0 Å². The fraction of sp³-hybridized carbons (Fsp3) is 0.167. The Hall–Kier alpha value is -2.28. The van der Waals surface area contributed by atoms with E-state index in [0.29, 0.717) is 5.69 Å². The first kappa shape index (κ1) is 13.2. The zero-order valence-corrected chi connectivity index (χ0v) is 11.0. The van der Waals surface area contributed by atoms with Crippen LogP contribution >= 0.6 is 12.2 Å². The van der Waals surface area contributed by atoms with Gasteiger partial charge in [0.15, 0.2) is 4.77 Å². The normalized spacial score (nSPS) is 11.0. The lowest BCUT2D eigenvalue weighted by Crippen LogP contribution is -2.06. The summed E-state index contributed by atoms with van der Waals surface area (Å²) in [5.74, 6) is -0.397. The third-order valence-corrected chi connectivity index (χ3v) is 2.73. The van der Waals surface area contributed by atoms with E-state index in [1.54, 1.807) is 6.07 Å². The van der Waals surface area contributed by atoms with Crippen LogP contribution in [0.25, 0.3) is 0 Å². The van der Waals surface area contributed by atoms with Gasteiger partial charge in [0.2, 0.25) is 11.6 Å². The van der Waals surface area contributed by atoms with Crippen molar-refractivity contribution in [1.82, 2.24) is 9.97 Å². The Labute approximate surface area is 113 Å². The maximum atomic E-state index is 11.6. The van der Waals surface area contributed by atoms with Crippen LogP contribution < -0.4 is 5.56 Å². The molecule has 2 rings (SSSR count). The first-order chi connectivity index (χ1) is 9.11. The molecule has 1 aromatic heterocycles. The minimum absolute atomic E-state index is 0.0374. The quantitative estimate of drug-likeness (QED) is 0.594. The van der Waals surface area contributed by atoms with E-state index in [2.05, 4.69) is 20.2 Å². The summed E-state index contributed by atoms with van der Waals surface area (Å²) in [5.41, 5.74) is 0.885. The van der Waals surface area contributed by atoms with Crippen molar-refractivity contribution in [3.8, 4) is 5.88 Å². The van der Waals surface area contributed by atoms with Crippen LogP contribution in [0.3, 0.4) is 0 Å². The summed E-state index contributed by atoms with van der Waals surface area (Å²) in [7, 11) is 0. The summed E-state index contributed by atoms with van der Waals surface area (Å²) >= 11 is 4.72. The van der Waals surface area contributed by atoms with Crippen molar-refractivity contribution in [2.45, 2.75) is 13.3 Å². The predicted octanol–water partition coefficient (Wildman–Crippen LogP) is 3.12. The van der Waals surface area contributed by atoms with Crippen LogP contribution in [0.4, 0.5) is 11.4 Å². The molecule has 0 unspecified atom stereocenters. The van der Waals surface area contributed by atoms with Crippen molar-refractivity contribution in [1.29, 1.82) is 0 Å². The predicted molar refractivity (Wildman–Crippen MR) is 73.9 cm³/mol. The molecule has 6 nitrogen and oxygen atoms in total. The molecular weight excluding hydrogens is 264 g/mol. The highest BCUT2D eigenvalue weighted by Gasteiger charge is 2.06. The Bertz CT molecular complexity index is 733. The number of benzene rings is 1. The van der Waals surface area contributed by atoms with Gasteiger partial charge in [-0.05, 0) is 30.3 Å². The van der Waals surface area contributed by atoms with Crippen LogP contribution in [0.1, 0.15) is 12.5 Å². The van der Waals surface area contributed by atoms with E-state index in [-0.39, 0.29) is 10.5 Å². The number of aromatic nitrogens is 2. The molecular formula is C12H12N4O2S. The van der Waals surface area contributed by atoms with Crippen molar-refractivity contribution in [2.75, 3.05) is 0 Å². The van der Waals surface area contributed by atoms with Gasteiger partial charge >= 0.3 is 0 Å². The van der Waals surface area contributed by atoms with Gasteiger partial charge in [0, 0.05) is 0 Å². The average Bonchev–Trinajstić information content (AvgIpc) is 2.38. The SMILES string of the molecule is CCc1ccccc1N=Nc1c(O)[nH]c(=S)[nH]c1=O. The number of hydrogen-bond acceptors (Lipinski definition) is 5. The molecule has 0 aliphatic heterocycles. The summed E-state index contributed by atoms with van der Waals surface area (Å²) in [6, 6.07) is 7.45. The number of aryl methyl sites for hydroxylation is 1. The van der Waals surface area contributed by atoms with Gasteiger partial charge in [0.25, 0.3) is 5.56 Å². The Morgan fingerprint density at radius 1 is 1.26 bits per heavy atom. The molecule has 0 radical (unpaired) electrons. The maximum Gasteiger partial charge on any atom is 0.283 e. The lowest BCUT2D eigenvalue weighted by atomic mass is 10.1. The molecule has 0 saturated carbocycles. The Kier molecular flexibility index (Phi) is 3.86. The number of H-pyrrole nitrogens is 2. The number of azo groups is 1. The number of nitrogens with one attached hydrogen (secondary N) is 2. The second kappa shape index (κ2) is 5.57. The van der Waals surface area contributed by atoms with Crippen LogP contribution in [0.15, 0.2) is 39.3 Å². The number of hydrogen-bond donors (Lipinski definition) is 3. The molecule has 1 heterocycles. The number of rotatable bonds is 3. The molecule has 2 aromatic rings. The Balaban J connectivity index is 2.44. The molecule has 0 aliphatic rings. The first-order valence-electron chi connectivity index (χ1n) is 5.67. The second-order valence-electron chi connectivity index (χ2n) is 3.79. The molecule has 0 bridgehead atoms. The molecule has 19 heavy (non-hydrogen) atoms. The van der Waals surface area contributed by atoms with Crippen molar-refractivity contribution in [2.24, 2.45) is 10.2 Å². The number of aromatic hydroxyl groups is 1. The lowest BCUT2D eigenvalue weighted by Gasteiger charge is -2.00. The van der Waals surface area contributed by atoms with Gasteiger partial charge in [-0.2, -0.15) is 0 Å². The number of aromatic amines is 2. The molecule has 98 valence electrons. The lowest BCUT2D eigenvalue weighted by molar-refractivity contribution is 0.451. The maximum absolute atomic E-state index is 11.6. The van der Waals surface area contributed by atoms with E-state index in [0.717, 1.165) is 12.0 Å². The summed E-state index contributed by atoms with van der Waals surface area (Å²) in [5, 5.41) is 17.3. The summed E-state index contributed by atoms with van der Waals surface area (Å²) in [4.78, 5) is 16.3. The third kappa shape index (κ3) is 2.94. The fourth-order valence-electron chi connectivity index (χ4n) is 1.57. The Morgan fingerprint density at radius 2 is 2.00 bits per heavy atom. The minimum atomic E-state index is -0.584. The minimum Gasteiger partial charge on any atom is -0.493 e. The molecule has 3 N–H and O–H groups in total. The summed E-state index contributed by atoms with van der Waals surface area (Å²) in [6.07, 6.45) is 0.800. The third-order valence-electron chi connectivity index (χ3n) is 2.53. The first-order valence-corrected chi connectivity index (χ1v) is 6.08. The largest absolute Gasteiger partial charge is 0.493 e. The number of nitrogens with zero attached hydrogens (tertiary/aromatic N) is 2. The standard InChI is InChI=1S/C12H12N4O2S/c1-2-7-5-3-4-6-8(7)15-16-9-10(17)13-12(19)14-11(9)18/h3-6H,2H2,1H3,(H3,13,14,17,18,19). The molecule has 0 aliphatic carbocycles. The van der Waals surface area contributed by atoms with Crippen LogP contribution in [-0.4, -0.2) is 15.1 Å². The fourth-order valence-corrected chi connectivity index (χ4v) is 1.76. The molecule has 7 heteroatoms. The van der Waals surface area contributed by atoms with Crippen molar-refractivity contribution in [3.05, 3.63) is 45.0 Å². The van der Waals surface area contributed by atoms with Crippen molar-refractivity contribution >= 4 is 23.6 Å². The molecule has 0 amide bonds. The Morgan fingerprint density at radius 3 is 2.68 bits per heavy atom. The van der Waals surface area contributed by atoms with Gasteiger partial charge in [-0.3, -0.25) is 9.78 Å². The van der Waals surface area contributed by atoms with Crippen LogP contribution in [-0.2, 0) is 6.42 Å². The van der Waals surface area contributed by atoms with Gasteiger partial charge in [0.05, 0.1) is 5.69 Å². The van der Waals surface area contributed by atoms with E-state index in [4.69, 9.17) is 12.2 Å². The van der Waals surface area contributed by atoms with E-state index in [1.807, 2.05) is 25.1 Å². The van der Waals surface area contributed by atoms with Gasteiger partial charge < -0.3 is 10.1 Å². The van der Waals surface area contributed by atoms with Crippen LogP contribution in [0, 0.1) is 4.77 Å². The van der Waals surface area contributed by atoms with Gasteiger partial charge in [-0.25, -0.2) is 0 Å². The summed E-state index contributed by atoms with van der Waals surface area (Å²) < 4.78 is 0.0374.